The molecular formula is C28H20N2O15S4. The van der Waals surface area contributed by atoms with Crippen molar-refractivity contribution in [3.8, 4) is 5.75 Å². The second-order valence-electron chi connectivity index (χ2n) is 9.75. The highest BCUT2D eigenvalue weighted by Crippen LogP contribution is 2.39. The molecule has 17 nitrogen and oxygen atoms in total. The van der Waals surface area contributed by atoms with Crippen molar-refractivity contribution in [2.45, 2.75) is 19.6 Å². The van der Waals surface area contributed by atoms with Crippen LogP contribution in [0.1, 0.15) is 20.7 Å². The van der Waals surface area contributed by atoms with Crippen LogP contribution in [0.5, 0.6) is 5.75 Å². The summed E-state index contributed by atoms with van der Waals surface area (Å²) in [4.78, 5) is 25.8. The van der Waals surface area contributed by atoms with Crippen molar-refractivity contribution in [2.75, 3.05) is 10.6 Å². The normalized spacial score (nSPS) is 11.9. The summed E-state index contributed by atoms with van der Waals surface area (Å²) < 4.78 is 74.9. The molecule has 0 aliphatic rings. The molecule has 5 rings (SSSR count). The van der Waals surface area contributed by atoms with Crippen LogP contribution >= 0.6 is 24.1 Å². The lowest BCUT2D eigenvalue weighted by Crippen LogP contribution is -2.15. The van der Waals surface area contributed by atoms with Crippen molar-refractivity contribution < 1.29 is 69.9 Å². The van der Waals surface area contributed by atoms with E-state index < -0.39 is 41.8 Å². The smallest absolute Gasteiger partial charge is 0.294 e. The van der Waals surface area contributed by atoms with Gasteiger partial charge in [0.05, 0.1) is 45.3 Å². The van der Waals surface area contributed by atoms with Crippen molar-refractivity contribution in [3.05, 3.63) is 90.0 Å². The first-order chi connectivity index (χ1) is 23.2. The molecular weight excluding hydrogens is 733 g/mol. The topological polar surface area (TPSA) is 265 Å². The summed E-state index contributed by atoms with van der Waals surface area (Å²) >= 11 is 1.15. The van der Waals surface area contributed by atoms with Crippen LogP contribution in [-0.4, -0.2) is 53.4 Å². The number of hydrogen-bond acceptors (Lipinski definition) is 15. The third-order valence-corrected chi connectivity index (χ3v) is 9.49. The molecule has 0 aliphatic heterocycles. The Balaban J connectivity index is 1.42. The molecule has 0 unspecified atom stereocenters. The molecule has 2 amide bonds. The number of carbonyl (C=O) groups excluding carboxylic acids is 2. The zero-order valence-electron chi connectivity index (χ0n) is 24.0. The maximum Gasteiger partial charge on any atom is 0.294 e. The highest BCUT2D eigenvalue weighted by molar-refractivity contribution is 7.94. The second kappa shape index (κ2) is 14.6. The molecule has 256 valence electrons. The lowest BCUT2D eigenvalue weighted by molar-refractivity contribution is -0.432. The molecule has 5 aromatic carbocycles. The Morgan fingerprint density at radius 2 is 1.12 bits per heavy atom. The maximum absolute atomic E-state index is 13.2. The van der Waals surface area contributed by atoms with E-state index in [2.05, 4.69) is 29.4 Å². The number of benzene rings is 5. The number of nitrogens with one attached hydrogen (secondary N) is 2. The third kappa shape index (κ3) is 8.45. The van der Waals surface area contributed by atoms with Gasteiger partial charge in [0, 0.05) is 31.7 Å². The van der Waals surface area contributed by atoms with Crippen LogP contribution in [0.3, 0.4) is 0 Å². The fourth-order valence-electron chi connectivity index (χ4n) is 4.64. The van der Waals surface area contributed by atoms with Crippen LogP contribution in [-0.2, 0) is 39.0 Å². The monoisotopic (exact) mass is 752 g/mol. The van der Waals surface area contributed by atoms with Gasteiger partial charge in [-0.2, -0.15) is 16.8 Å². The minimum Gasteiger partial charge on any atom is -0.507 e. The molecule has 5 aromatic rings. The molecule has 0 fully saturated rings. The SMILES string of the molecule is O=C(Nc1cc(S(=O)(=O)O)cc2cc(S(=O)(=O)O)ccc12)c1ccc(C(=O)Nc2cc(SOOO)cc3cc(SOOO)cc(O)c23)cc1. The Morgan fingerprint density at radius 1 is 0.612 bits per heavy atom. The standard InChI is InChI=1S/C28H20N2O15S4/c31-25-12-19(47-45-43-35)8-17-7-18(46-44-42-34)11-24(26(17)25)30-28(33)15-3-1-14(2-4-15)27(32)29-23-13-21(49(39,40)41)10-16-9-20(48(36,37)38)5-6-22(16)23/h1-13,31,34-35H,(H,29,32)(H,30,33)(H,36,37,38)(H,39,40,41). The molecule has 21 heteroatoms. The van der Waals surface area contributed by atoms with E-state index in [1.165, 1.54) is 54.6 Å². The third-order valence-electron chi connectivity index (χ3n) is 6.70. The number of aromatic hydroxyl groups is 1. The van der Waals surface area contributed by atoms with E-state index in [0.29, 0.717) is 39.3 Å². The molecule has 0 saturated carbocycles. The predicted octanol–water partition coefficient (Wildman–Crippen LogP) is 5.55. The molecule has 0 spiro atoms. The highest BCUT2D eigenvalue weighted by Gasteiger charge is 2.20. The summed E-state index contributed by atoms with van der Waals surface area (Å²) in [6, 6.07) is 16.1. The summed E-state index contributed by atoms with van der Waals surface area (Å²) in [5, 5.41) is 40.8. The number of amides is 2. The van der Waals surface area contributed by atoms with Gasteiger partial charge < -0.3 is 15.7 Å². The van der Waals surface area contributed by atoms with Gasteiger partial charge in [-0.3, -0.25) is 18.7 Å². The summed E-state index contributed by atoms with van der Waals surface area (Å²) in [7, 11) is -9.47. The van der Waals surface area contributed by atoms with Crippen LogP contribution in [0.25, 0.3) is 21.5 Å². The van der Waals surface area contributed by atoms with Gasteiger partial charge in [-0.05, 0) is 83.6 Å². The van der Waals surface area contributed by atoms with Crippen molar-refractivity contribution in [1.82, 2.24) is 0 Å². The average Bonchev–Trinajstić information content (AvgIpc) is 3.05. The van der Waals surface area contributed by atoms with Gasteiger partial charge in [-0.25, -0.2) is 10.5 Å². The summed E-state index contributed by atoms with van der Waals surface area (Å²) in [5.41, 5.74) is 0.0630. The molecule has 7 N–H and O–H groups in total. The number of fused-ring (bicyclic) bond motifs is 2. The quantitative estimate of drug-likeness (QED) is 0.0356. The minimum atomic E-state index is -4.81. The van der Waals surface area contributed by atoms with Gasteiger partial charge in [0.2, 0.25) is 0 Å². The highest BCUT2D eigenvalue weighted by atomic mass is 32.2. The molecule has 0 radical (unpaired) electrons. The molecule has 0 heterocycles. The van der Waals surface area contributed by atoms with Gasteiger partial charge in [0.25, 0.3) is 32.1 Å². The van der Waals surface area contributed by atoms with Crippen molar-refractivity contribution in [3.63, 3.8) is 0 Å². The summed E-state index contributed by atoms with van der Waals surface area (Å²) in [6.45, 7) is 0. The maximum atomic E-state index is 13.2. The van der Waals surface area contributed by atoms with E-state index >= 15 is 0 Å². The number of rotatable bonds is 12. The Hall–Kier alpha value is -4.36. The van der Waals surface area contributed by atoms with Crippen LogP contribution in [0, 0.1) is 0 Å². The van der Waals surface area contributed by atoms with E-state index in [1.807, 2.05) is 0 Å². The van der Waals surface area contributed by atoms with E-state index in [1.54, 1.807) is 0 Å². The van der Waals surface area contributed by atoms with Gasteiger partial charge in [0.1, 0.15) is 5.75 Å². The largest absolute Gasteiger partial charge is 0.507 e. The van der Waals surface area contributed by atoms with E-state index in [4.69, 9.17) is 10.5 Å². The van der Waals surface area contributed by atoms with Crippen molar-refractivity contribution in [2.24, 2.45) is 0 Å². The first kappa shape index (κ1) is 35.9. The number of phenolic OH excluding ortho intramolecular Hbond substituents is 1. The number of carbonyl (C=O) groups is 2. The second-order valence-corrected chi connectivity index (χ2v) is 14.1. The Labute approximate surface area is 284 Å². The molecule has 0 saturated heterocycles. The van der Waals surface area contributed by atoms with E-state index in [-0.39, 0.29) is 44.4 Å². The number of phenols is 1. The molecule has 0 aliphatic carbocycles. The minimum absolute atomic E-state index is 0.0123. The molecule has 0 bridgehead atoms. The van der Waals surface area contributed by atoms with Crippen LogP contribution in [0.15, 0.2) is 98.4 Å². The fourth-order valence-corrected chi connectivity index (χ4v) is 6.59. The zero-order chi connectivity index (χ0) is 35.5. The van der Waals surface area contributed by atoms with Crippen molar-refractivity contribution in [1.29, 1.82) is 0 Å². The predicted molar refractivity (Wildman–Crippen MR) is 173 cm³/mol. The van der Waals surface area contributed by atoms with Gasteiger partial charge in [-0.15, -0.1) is 8.67 Å². The first-order valence-electron chi connectivity index (χ1n) is 13.0. The first-order valence-corrected chi connectivity index (χ1v) is 17.4. The van der Waals surface area contributed by atoms with E-state index in [0.717, 1.165) is 24.3 Å². The number of hydrogen-bond donors (Lipinski definition) is 7. The summed E-state index contributed by atoms with van der Waals surface area (Å²) in [6.07, 6.45) is 0. The lowest BCUT2D eigenvalue weighted by atomic mass is 10.1. The molecule has 49 heavy (non-hydrogen) atoms. The van der Waals surface area contributed by atoms with E-state index in [9.17, 15) is 40.6 Å². The Morgan fingerprint density at radius 3 is 1.65 bits per heavy atom. The van der Waals surface area contributed by atoms with Crippen LogP contribution in [0.2, 0.25) is 0 Å². The van der Waals surface area contributed by atoms with Gasteiger partial charge in [0.15, 0.2) is 0 Å². The fraction of sp³-hybridized carbons (Fsp3) is 0. The van der Waals surface area contributed by atoms with Crippen molar-refractivity contribution >= 4 is 89.1 Å². The summed E-state index contributed by atoms with van der Waals surface area (Å²) in [5.74, 6) is -1.73. The molecule has 0 atom stereocenters. The average molecular weight is 753 g/mol. The lowest BCUT2D eigenvalue weighted by Gasteiger charge is -2.14. The van der Waals surface area contributed by atoms with Crippen LogP contribution in [0.4, 0.5) is 11.4 Å². The van der Waals surface area contributed by atoms with Gasteiger partial charge >= 0.3 is 0 Å². The molecule has 0 aromatic heterocycles. The van der Waals surface area contributed by atoms with Gasteiger partial charge in [-0.1, -0.05) is 16.1 Å². The Bertz CT molecular complexity index is 2310. The number of anilines is 2. The Kier molecular flexibility index (Phi) is 10.7. The zero-order valence-corrected chi connectivity index (χ0v) is 27.2. The van der Waals surface area contributed by atoms with Crippen LogP contribution < -0.4 is 10.6 Å².